The van der Waals surface area contributed by atoms with Crippen molar-refractivity contribution in [1.29, 1.82) is 0 Å². The van der Waals surface area contributed by atoms with E-state index in [0.29, 0.717) is 22.9 Å². The lowest BCUT2D eigenvalue weighted by atomic mass is 10.1. The van der Waals surface area contributed by atoms with Crippen LogP contribution in [-0.2, 0) is 0 Å². The number of rotatable bonds is 5. The molecule has 0 aliphatic rings. The molecule has 7 heteroatoms. The number of aromatic nitrogens is 2. The highest BCUT2D eigenvalue weighted by atomic mass is 16.2. The van der Waals surface area contributed by atoms with E-state index in [2.05, 4.69) is 32.2 Å². The lowest BCUT2D eigenvalue weighted by molar-refractivity contribution is 0.0962. The van der Waals surface area contributed by atoms with Gasteiger partial charge in [0.05, 0.1) is 0 Å². The lowest BCUT2D eigenvalue weighted by Gasteiger charge is -2.14. The third kappa shape index (κ3) is 4.33. The van der Waals surface area contributed by atoms with Crippen molar-refractivity contribution < 1.29 is 4.79 Å². The molecular weight excluding hydrogens is 340 g/mol. The van der Waals surface area contributed by atoms with Crippen LogP contribution in [0.1, 0.15) is 27.0 Å². The number of nitrogen functional groups attached to an aromatic ring is 1. The minimum Gasteiger partial charge on any atom is -0.393 e. The van der Waals surface area contributed by atoms with Crippen molar-refractivity contribution in [2.75, 3.05) is 16.5 Å². The third-order valence-corrected chi connectivity index (χ3v) is 4.13. The maximum absolute atomic E-state index is 12.2. The highest BCUT2D eigenvalue weighted by Crippen LogP contribution is 2.27. The number of anilines is 4. The predicted octanol–water partition coefficient (Wildman–Crippen LogP) is 3.48. The first-order chi connectivity index (χ1) is 12.9. The van der Waals surface area contributed by atoms with E-state index < -0.39 is 0 Å². The Kier molecular flexibility index (Phi) is 5.21. The third-order valence-electron chi connectivity index (χ3n) is 4.13. The van der Waals surface area contributed by atoms with Gasteiger partial charge >= 0.3 is 0 Å². The average molecular weight is 362 g/mol. The first kappa shape index (κ1) is 18.2. The standard InChI is InChI=1S/C20H22N6O/c1-12-4-7-15(8-5-12)20(27)26-25-19-17(21)18(22-11-23-19)24-16-9-6-13(2)10-14(16)3/h4-11H,21H2,1-3H3,(H,26,27)(H2,22,23,24,25). The molecule has 1 amide bonds. The van der Waals surface area contributed by atoms with E-state index in [0.717, 1.165) is 16.8 Å². The van der Waals surface area contributed by atoms with E-state index in [9.17, 15) is 4.79 Å². The van der Waals surface area contributed by atoms with Crippen molar-refractivity contribution in [2.45, 2.75) is 20.8 Å². The van der Waals surface area contributed by atoms with Gasteiger partial charge in [-0.2, -0.15) is 0 Å². The fraction of sp³-hybridized carbons (Fsp3) is 0.150. The van der Waals surface area contributed by atoms with Gasteiger partial charge in [0, 0.05) is 11.3 Å². The second-order valence-electron chi connectivity index (χ2n) is 6.37. The fourth-order valence-corrected chi connectivity index (χ4v) is 2.57. The number of aryl methyl sites for hydroxylation is 3. The summed E-state index contributed by atoms with van der Waals surface area (Å²) in [5, 5.41) is 3.20. The molecule has 138 valence electrons. The molecule has 0 radical (unpaired) electrons. The Morgan fingerprint density at radius 2 is 1.59 bits per heavy atom. The predicted molar refractivity (Wildman–Crippen MR) is 108 cm³/mol. The van der Waals surface area contributed by atoms with Gasteiger partial charge in [-0.3, -0.25) is 15.6 Å². The largest absolute Gasteiger partial charge is 0.393 e. The minimum absolute atomic E-state index is 0.281. The van der Waals surface area contributed by atoms with Crippen LogP contribution in [0.3, 0.4) is 0 Å². The zero-order valence-corrected chi connectivity index (χ0v) is 15.5. The van der Waals surface area contributed by atoms with Crippen LogP contribution in [0.4, 0.5) is 23.0 Å². The van der Waals surface area contributed by atoms with Gasteiger partial charge in [0.2, 0.25) is 0 Å². The number of hydrazine groups is 1. The zero-order valence-electron chi connectivity index (χ0n) is 15.5. The van der Waals surface area contributed by atoms with Crippen LogP contribution in [-0.4, -0.2) is 15.9 Å². The van der Waals surface area contributed by atoms with Crippen LogP contribution in [0.2, 0.25) is 0 Å². The molecule has 0 bridgehead atoms. The Labute approximate surface area is 158 Å². The quantitative estimate of drug-likeness (QED) is 0.518. The molecule has 0 unspecified atom stereocenters. The van der Waals surface area contributed by atoms with Gasteiger partial charge in [-0.05, 0) is 44.5 Å². The van der Waals surface area contributed by atoms with E-state index in [1.165, 1.54) is 11.9 Å². The van der Waals surface area contributed by atoms with Crippen molar-refractivity contribution in [2.24, 2.45) is 0 Å². The summed E-state index contributed by atoms with van der Waals surface area (Å²) in [6.07, 6.45) is 1.38. The maximum Gasteiger partial charge on any atom is 0.269 e. The van der Waals surface area contributed by atoms with Gasteiger partial charge in [-0.15, -0.1) is 0 Å². The van der Waals surface area contributed by atoms with Gasteiger partial charge in [0.25, 0.3) is 5.91 Å². The van der Waals surface area contributed by atoms with Crippen LogP contribution in [0, 0.1) is 20.8 Å². The molecule has 27 heavy (non-hydrogen) atoms. The Bertz CT molecular complexity index is 969. The first-order valence-electron chi connectivity index (χ1n) is 8.52. The van der Waals surface area contributed by atoms with Crippen molar-refractivity contribution in [3.8, 4) is 0 Å². The lowest BCUT2D eigenvalue weighted by Crippen LogP contribution is -2.30. The Morgan fingerprint density at radius 3 is 2.30 bits per heavy atom. The topological polar surface area (TPSA) is 105 Å². The van der Waals surface area contributed by atoms with E-state index in [1.807, 2.05) is 45.0 Å². The number of hydrogen-bond acceptors (Lipinski definition) is 6. The molecule has 0 aliphatic carbocycles. The van der Waals surface area contributed by atoms with Gasteiger partial charge in [0.15, 0.2) is 11.6 Å². The number of nitrogens with two attached hydrogens (primary N) is 1. The second kappa shape index (κ2) is 7.74. The highest BCUT2D eigenvalue weighted by molar-refractivity contribution is 5.95. The minimum atomic E-state index is -0.281. The van der Waals surface area contributed by atoms with Crippen molar-refractivity contribution in [1.82, 2.24) is 15.4 Å². The summed E-state index contributed by atoms with van der Waals surface area (Å²) in [6, 6.07) is 13.3. The number of amides is 1. The number of nitrogens with zero attached hydrogens (tertiary/aromatic N) is 2. The summed E-state index contributed by atoms with van der Waals surface area (Å²) in [6.45, 7) is 6.01. The molecule has 0 aliphatic heterocycles. The zero-order chi connectivity index (χ0) is 19.4. The van der Waals surface area contributed by atoms with E-state index >= 15 is 0 Å². The van der Waals surface area contributed by atoms with E-state index in [1.54, 1.807) is 12.1 Å². The molecule has 5 N–H and O–H groups in total. The molecule has 7 nitrogen and oxygen atoms in total. The molecule has 1 aromatic heterocycles. The molecular formula is C20H22N6O. The van der Waals surface area contributed by atoms with Crippen LogP contribution in [0.5, 0.6) is 0 Å². The number of carbonyl (C=O) groups excluding carboxylic acids is 1. The number of nitrogens with one attached hydrogen (secondary N) is 3. The Balaban J connectivity index is 1.72. The molecule has 1 heterocycles. The van der Waals surface area contributed by atoms with Crippen molar-refractivity contribution in [3.05, 3.63) is 71.0 Å². The molecule has 2 aromatic carbocycles. The summed E-state index contributed by atoms with van der Waals surface area (Å²) in [5.41, 5.74) is 16.6. The fourth-order valence-electron chi connectivity index (χ4n) is 2.57. The van der Waals surface area contributed by atoms with Crippen LogP contribution >= 0.6 is 0 Å². The molecule has 0 saturated heterocycles. The van der Waals surface area contributed by atoms with Crippen LogP contribution < -0.4 is 21.9 Å². The van der Waals surface area contributed by atoms with E-state index in [4.69, 9.17) is 5.73 Å². The Morgan fingerprint density at radius 1 is 0.926 bits per heavy atom. The van der Waals surface area contributed by atoms with E-state index in [-0.39, 0.29) is 5.91 Å². The summed E-state index contributed by atoms with van der Waals surface area (Å²) in [4.78, 5) is 20.5. The van der Waals surface area contributed by atoms with Gasteiger partial charge in [-0.25, -0.2) is 9.97 Å². The van der Waals surface area contributed by atoms with Gasteiger partial charge < -0.3 is 11.1 Å². The normalized spacial score (nSPS) is 10.3. The van der Waals surface area contributed by atoms with Gasteiger partial charge in [-0.1, -0.05) is 35.4 Å². The van der Waals surface area contributed by atoms with Crippen molar-refractivity contribution in [3.63, 3.8) is 0 Å². The summed E-state index contributed by atoms with van der Waals surface area (Å²) >= 11 is 0. The molecule has 0 saturated carbocycles. The molecule has 0 atom stereocenters. The molecule has 0 fully saturated rings. The smallest absolute Gasteiger partial charge is 0.269 e. The van der Waals surface area contributed by atoms with Crippen molar-refractivity contribution >= 4 is 28.9 Å². The molecule has 0 spiro atoms. The second-order valence-corrected chi connectivity index (χ2v) is 6.37. The maximum atomic E-state index is 12.2. The summed E-state index contributed by atoms with van der Waals surface area (Å²) in [7, 11) is 0. The number of benzene rings is 2. The number of carbonyl (C=O) groups is 1. The molecule has 3 rings (SSSR count). The monoisotopic (exact) mass is 362 g/mol. The van der Waals surface area contributed by atoms with Crippen LogP contribution in [0.25, 0.3) is 0 Å². The Hall–Kier alpha value is -3.61. The van der Waals surface area contributed by atoms with Gasteiger partial charge in [0.1, 0.15) is 12.0 Å². The average Bonchev–Trinajstić information content (AvgIpc) is 2.65. The summed E-state index contributed by atoms with van der Waals surface area (Å²) < 4.78 is 0. The highest BCUT2D eigenvalue weighted by Gasteiger charge is 2.11. The number of hydrogen-bond donors (Lipinski definition) is 4. The SMILES string of the molecule is Cc1ccc(C(=O)NNc2ncnc(Nc3ccc(C)cc3C)c2N)cc1. The summed E-state index contributed by atoms with van der Waals surface area (Å²) in [5.74, 6) is 0.499. The van der Waals surface area contributed by atoms with Crippen LogP contribution in [0.15, 0.2) is 48.8 Å². The molecule has 3 aromatic rings. The first-order valence-corrected chi connectivity index (χ1v) is 8.52.